The topological polar surface area (TPSA) is 44.9 Å². The zero-order valence-electron chi connectivity index (χ0n) is 9.64. The van der Waals surface area contributed by atoms with Gasteiger partial charge in [-0.05, 0) is 34.5 Å². The van der Waals surface area contributed by atoms with E-state index >= 15 is 0 Å². The van der Waals surface area contributed by atoms with Gasteiger partial charge >= 0.3 is 0 Å². The van der Waals surface area contributed by atoms with E-state index < -0.39 is 0 Å². The molecule has 0 bridgehead atoms. The third-order valence-corrected chi connectivity index (χ3v) is 3.60. The average Bonchev–Trinajstić information content (AvgIpc) is 3.05. The minimum Gasteiger partial charge on any atom is -0.361 e. The number of carbonyl (C=O) groups excluding carboxylic acids is 1. The Labute approximate surface area is 108 Å². The summed E-state index contributed by atoms with van der Waals surface area (Å²) in [7, 11) is 0. The van der Waals surface area contributed by atoms with E-state index in [0.717, 1.165) is 16.5 Å². The summed E-state index contributed by atoms with van der Waals surface area (Å²) in [4.78, 5) is 15.2. The minimum absolute atomic E-state index is 0.0470. The van der Waals surface area contributed by atoms with E-state index in [1.54, 1.807) is 11.3 Å². The third-order valence-electron chi connectivity index (χ3n) is 2.87. The van der Waals surface area contributed by atoms with Crippen LogP contribution in [0.25, 0.3) is 10.9 Å². The van der Waals surface area contributed by atoms with Crippen molar-refractivity contribution in [3.05, 3.63) is 58.4 Å². The molecule has 0 fully saturated rings. The number of aromatic amines is 1. The zero-order chi connectivity index (χ0) is 12.4. The predicted molar refractivity (Wildman–Crippen MR) is 73.8 cm³/mol. The standard InChI is InChI=1S/C14H12N2OS/c17-14(16-8-10-5-7-18-9-10)12-3-1-2-11-4-6-15-13(11)12/h1-7,9,15H,8H2,(H,16,17). The molecule has 18 heavy (non-hydrogen) atoms. The molecule has 3 nitrogen and oxygen atoms in total. The highest BCUT2D eigenvalue weighted by Gasteiger charge is 2.10. The maximum atomic E-state index is 12.1. The van der Waals surface area contributed by atoms with Gasteiger partial charge in [-0.15, -0.1) is 0 Å². The normalized spacial score (nSPS) is 10.7. The second-order valence-corrected chi connectivity index (χ2v) is 4.84. The first-order valence-electron chi connectivity index (χ1n) is 5.70. The number of nitrogens with one attached hydrogen (secondary N) is 2. The van der Waals surface area contributed by atoms with Crippen LogP contribution in [0.15, 0.2) is 47.3 Å². The molecule has 1 amide bonds. The fourth-order valence-electron chi connectivity index (χ4n) is 1.94. The van der Waals surface area contributed by atoms with Crippen molar-refractivity contribution in [1.29, 1.82) is 0 Å². The van der Waals surface area contributed by atoms with Crippen molar-refractivity contribution in [3.63, 3.8) is 0 Å². The highest BCUT2D eigenvalue weighted by Crippen LogP contribution is 2.17. The van der Waals surface area contributed by atoms with E-state index in [1.165, 1.54) is 0 Å². The van der Waals surface area contributed by atoms with Gasteiger partial charge in [-0.25, -0.2) is 0 Å². The third kappa shape index (κ3) is 2.02. The van der Waals surface area contributed by atoms with Crippen LogP contribution in [0, 0.1) is 0 Å². The highest BCUT2D eigenvalue weighted by molar-refractivity contribution is 7.07. The van der Waals surface area contributed by atoms with Crippen molar-refractivity contribution in [2.45, 2.75) is 6.54 Å². The SMILES string of the molecule is O=C(NCc1ccsc1)c1cccc2cc[nH]c12. The molecular weight excluding hydrogens is 244 g/mol. The number of amides is 1. The molecule has 2 aromatic heterocycles. The Morgan fingerprint density at radius 1 is 1.28 bits per heavy atom. The van der Waals surface area contributed by atoms with E-state index in [1.807, 2.05) is 47.3 Å². The van der Waals surface area contributed by atoms with Gasteiger partial charge in [0.1, 0.15) is 0 Å². The van der Waals surface area contributed by atoms with Crippen molar-refractivity contribution in [2.75, 3.05) is 0 Å². The van der Waals surface area contributed by atoms with Gasteiger partial charge in [0.2, 0.25) is 0 Å². The lowest BCUT2D eigenvalue weighted by molar-refractivity contribution is 0.0952. The Morgan fingerprint density at radius 2 is 2.22 bits per heavy atom. The summed E-state index contributed by atoms with van der Waals surface area (Å²) in [6, 6.07) is 9.70. The number of aromatic nitrogens is 1. The van der Waals surface area contributed by atoms with Gasteiger partial charge in [0.15, 0.2) is 0 Å². The number of benzene rings is 1. The molecule has 0 atom stereocenters. The van der Waals surface area contributed by atoms with Gasteiger partial charge in [0, 0.05) is 18.1 Å². The first-order chi connectivity index (χ1) is 8.84. The number of carbonyl (C=O) groups is 1. The Hall–Kier alpha value is -2.07. The van der Waals surface area contributed by atoms with Crippen LogP contribution in [-0.4, -0.2) is 10.9 Å². The number of thiophene rings is 1. The molecule has 0 aliphatic carbocycles. The summed E-state index contributed by atoms with van der Waals surface area (Å²) in [5.74, 6) is -0.0470. The molecule has 4 heteroatoms. The summed E-state index contributed by atoms with van der Waals surface area (Å²) < 4.78 is 0. The number of fused-ring (bicyclic) bond motifs is 1. The quantitative estimate of drug-likeness (QED) is 0.743. The second kappa shape index (κ2) is 4.66. The van der Waals surface area contributed by atoms with Crippen LogP contribution in [0.5, 0.6) is 0 Å². The molecule has 1 aromatic carbocycles. The lowest BCUT2D eigenvalue weighted by Crippen LogP contribution is -2.22. The van der Waals surface area contributed by atoms with Gasteiger partial charge in [-0.2, -0.15) is 11.3 Å². The van der Waals surface area contributed by atoms with Crippen molar-refractivity contribution >= 4 is 28.1 Å². The van der Waals surface area contributed by atoms with Gasteiger partial charge in [0.05, 0.1) is 11.1 Å². The predicted octanol–water partition coefficient (Wildman–Crippen LogP) is 3.16. The molecule has 0 radical (unpaired) electrons. The van der Waals surface area contributed by atoms with Crippen molar-refractivity contribution in [1.82, 2.24) is 10.3 Å². The summed E-state index contributed by atoms with van der Waals surface area (Å²) in [5.41, 5.74) is 2.71. The number of rotatable bonds is 3. The van der Waals surface area contributed by atoms with Crippen LogP contribution in [0.1, 0.15) is 15.9 Å². The van der Waals surface area contributed by atoms with Gasteiger partial charge in [-0.3, -0.25) is 4.79 Å². The van der Waals surface area contributed by atoms with Gasteiger partial charge in [-0.1, -0.05) is 12.1 Å². The molecule has 0 unspecified atom stereocenters. The van der Waals surface area contributed by atoms with Crippen molar-refractivity contribution in [2.24, 2.45) is 0 Å². The minimum atomic E-state index is -0.0470. The lowest BCUT2D eigenvalue weighted by atomic mass is 10.1. The van der Waals surface area contributed by atoms with Crippen LogP contribution in [0.3, 0.4) is 0 Å². The first-order valence-corrected chi connectivity index (χ1v) is 6.64. The van der Waals surface area contributed by atoms with E-state index in [-0.39, 0.29) is 5.91 Å². The maximum Gasteiger partial charge on any atom is 0.253 e. The molecule has 0 saturated carbocycles. The Kier molecular flexibility index (Phi) is 2.86. The van der Waals surface area contributed by atoms with Crippen molar-refractivity contribution < 1.29 is 4.79 Å². The highest BCUT2D eigenvalue weighted by atomic mass is 32.1. The molecule has 3 aromatic rings. The Bertz CT molecular complexity index is 670. The number of hydrogen-bond acceptors (Lipinski definition) is 2. The Morgan fingerprint density at radius 3 is 3.06 bits per heavy atom. The van der Waals surface area contributed by atoms with Crippen LogP contribution < -0.4 is 5.32 Å². The molecule has 0 aliphatic rings. The summed E-state index contributed by atoms with van der Waals surface area (Å²) >= 11 is 1.63. The average molecular weight is 256 g/mol. The van der Waals surface area contributed by atoms with Crippen LogP contribution in [0.2, 0.25) is 0 Å². The number of H-pyrrole nitrogens is 1. The molecular formula is C14H12N2OS. The molecule has 3 rings (SSSR count). The molecule has 0 saturated heterocycles. The lowest BCUT2D eigenvalue weighted by Gasteiger charge is -2.05. The second-order valence-electron chi connectivity index (χ2n) is 4.06. The molecule has 2 N–H and O–H groups in total. The molecule has 0 spiro atoms. The van der Waals surface area contributed by atoms with Crippen molar-refractivity contribution in [3.8, 4) is 0 Å². The van der Waals surface area contributed by atoms with Gasteiger partial charge in [0.25, 0.3) is 5.91 Å². The first kappa shape index (κ1) is 11.0. The zero-order valence-corrected chi connectivity index (χ0v) is 10.5. The monoisotopic (exact) mass is 256 g/mol. The molecule has 90 valence electrons. The summed E-state index contributed by atoms with van der Waals surface area (Å²) in [5, 5.41) is 8.03. The smallest absolute Gasteiger partial charge is 0.253 e. The van der Waals surface area contributed by atoms with E-state index in [0.29, 0.717) is 12.1 Å². The number of para-hydroxylation sites is 1. The summed E-state index contributed by atoms with van der Waals surface area (Å²) in [6.07, 6.45) is 1.85. The fourth-order valence-corrected chi connectivity index (χ4v) is 2.61. The maximum absolute atomic E-state index is 12.1. The number of hydrogen-bond donors (Lipinski definition) is 2. The van der Waals surface area contributed by atoms with E-state index in [9.17, 15) is 4.79 Å². The molecule has 0 aliphatic heterocycles. The van der Waals surface area contributed by atoms with E-state index in [4.69, 9.17) is 0 Å². The van der Waals surface area contributed by atoms with Gasteiger partial charge < -0.3 is 10.3 Å². The Balaban J connectivity index is 1.81. The van der Waals surface area contributed by atoms with Crippen LogP contribution in [0.4, 0.5) is 0 Å². The van der Waals surface area contributed by atoms with Crippen LogP contribution >= 0.6 is 11.3 Å². The van der Waals surface area contributed by atoms with E-state index in [2.05, 4.69) is 10.3 Å². The van der Waals surface area contributed by atoms with Crippen LogP contribution in [-0.2, 0) is 6.54 Å². The fraction of sp³-hybridized carbons (Fsp3) is 0.0714. The largest absolute Gasteiger partial charge is 0.361 e. The summed E-state index contributed by atoms with van der Waals surface area (Å²) in [6.45, 7) is 0.569. The molecule has 2 heterocycles.